The van der Waals surface area contributed by atoms with Gasteiger partial charge in [-0.1, -0.05) is 49.3 Å². The van der Waals surface area contributed by atoms with E-state index in [9.17, 15) is 24.6 Å². The highest BCUT2D eigenvalue weighted by atomic mass is 16.5. The number of aliphatic imine (C=N–C) groups is 1. The molecular weight excluding hydrogens is 448 g/mol. The van der Waals surface area contributed by atoms with Crippen LogP contribution in [0.5, 0.6) is 0 Å². The largest absolute Gasteiger partial charge is 0.511 e. The second-order valence-electron chi connectivity index (χ2n) is 10.2. The number of hydrogen-bond donors (Lipinski definition) is 2. The van der Waals surface area contributed by atoms with Crippen molar-refractivity contribution in [3.05, 3.63) is 64.2 Å². The summed E-state index contributed by atoms with van der Waals surface area (Å²) in [5.41, 5.74) is 2.09. The lowest BCUT2D eigenvalue weighted by Gasteiger charge is -2.27. The van der Waals surface area contributed by atoms with Crippen LogP contribution in [0.3, 0.4) is 0 Å². The molecule has 0 spiro atoms. The van der Waals surface area contributed by atoms with E-state index in [0.717, 1.165) is 5.56 Å². The smallest absolute Gasteiger partial charge is 0.328 e. The third-order valence-corrected chi connectivity index (χ3v) is 6.69. The second kappa shape index (κ2) is 9.60. The number of fused-ring (bicyclic) bond motifs is 1. The number of hydrogen-bond acceptors (Lipinski definition) is 7. The molecule has 0 amide bonds. The highest BCUT2D eigenvalue weighted by Crippen LogP contribution is 2.37. The van der Waals surface area contributed by atoms with E-state index >= 15 is 0 Å². The van der Waals surface area contributed by atoms with E-state index in [-0.39, 0.29) is 53.5 Å². The van der Waals surface area contributed by atoms with Crippen molar-refractivity contribution in [3.63, 3.8) is 0 Å². The average Bonchev–Trinajstić information content (AvgIpc) is 3.19. The van der Waals surface area contributed by atoms with Crippen molar-refractivity contribution in [2.45, 2.75) is 71.3 Å². The van der Waals surface area contributed by atoms with E-state index in [1.54, 1.807) is 0 Å². The van der Waals surface area contributed by atoms with Crippen LogP contribution in [0.1, 0.15) is 79.7 Å². The maximum Gasteiger partial charge on any atom is 0.328 e. The second-order valence-corrected chi connectivity index (χ2v) is 10.2. The highest BCUT2D eigenvalue weighted by Gasteiger charge is 2.37. The van der Waals surface area contributed by atoms with E-state index in [1.165, 1.54) is 6.92 Å². The number of ketones is 2. The quantitative estimate of drug-likeness (QED) is 0.457. The van der Waals surface area contributed by atoms with Crippen molar-refractivity contribution in [3.8, 4) is 0 Å². The van der Waals surface area contributed by atoms with Gasteiger partial charge in [0.2, 0.25) is 0 Å². The minimum Gasteiger partial charge on any atom is -0.511 e. The van der Waals surface area contributed by atoms with Gasteiger partial charge in [0.15, 0.2) is 11.6 Å². The molecule has 184 valence electrons. The van der Waals surface area contributed by atoms with E-state index in [0.29, 0.717) is 42.0 Å². The molecule has 0 radical (unpaired) electrons. The molecule has 2 aromatic rings. The molecule has 0 aliphatic heterocycles. The van der Waals surface area contributed by atoms with Gasteiger partial charge in [0.05, 0.1) is 22.5 Å². The normalized spacial score (nSPS) is 23.2. The zero-order valence-corrected chi connectivity index (χ0v) is 20.2. The predicted molar refractivity (Wildman–Crippen MR) is 129 cm³/mol. The fourth-order valence-electron chi connectivity index (χ4n) is 4.94. The number of benzene rings is 1. The summed E-state index contributed by atoms with van der Waals surface area (Å²) in [6.07, 6.45) is 1.82. The molecule has 2 aliphatic carbocycles. The van der Waals surface area contributed by atoms with E-state index in [4.69, 9.17) is 4.52 Å². The topological polar surface area (TPSA) is 130 Å². The van der Waals surface area contributed by atoms with Crippen molar-refractivity contribution in [1.29, 1.82) is 0 Å². The van der Waals surface area contributed by atoms with Gasteiger partial charge in [-0.3, -0.25) is 14.6 Å². The number of allylic oxidation sites excluding steroid dienone is 2. The zero-order chi connectivity index (χ0) is 25.3. The Hall–Kier alpha value is -3.55. The Morgan fingerprint density at radius 2 is 1.86 bits per heavy atom. The number of aromatic nitrogens is 1. The van der Waals surface area contributed by atoms with E-state index in [1.807, 2.05) is 44.2 Å². The van der Waals surface area contributed by atoms with E-state index in [2.05, 4.69) is 10.1 Å². The van der Waals surface area contributed by atoms with Crippen molar-refractivity contribution in [1.82, 2.24) is 5.16 Å². The lowest BCUT2D eigenvalue weighted by atomic mass is 9.76. The number of rotatable bonds is 6. The minimum absolute atomic E-state index is 0.0309. The summed E-state index contributed by atoms with van der Waals surface area (Å²) < 4.78 is 5.43. The lowest BCUT2D eigenvalue weighted by Crippen LogP contribution is -2.29. The molecule has 0 saturated heterocycles. The third-order valence-electron chi connectivity index (χ3n) is 6.69. The summed E-state index contributed by atoms with van der Waals surface area (Å²) in [7, 11) is 0. The predicted octanol–water partition coefficient (Wildman–Crippen LogP) is 4.64. The van der Waals surface area contributed by atoms with Crippen molar-refractivity contribution in [2.75, 3.05) is 0 Å². The first kappa shape index (κ1) is 24.6. The molecule has 1 fully saturated rings. The van der Waals surface area contributed by atoms with Crippen LogP contribution in [0.2, 0.25) is 0 Å². The molecule has 35 heavy (non-hydrogen) atoms. The van der Waals surface area contributed by atoms with Crippen LogP contribution < -0.4 is 0 Å². The lowest BCUT2D eigenvalue weighted by molar-refractivity contribution is -0.138. The van der Waals surface area contributed by atoms with Crippen molar-refractivity contribution >= 4 is 23.2 Å². The minimum atomic E-state index is -1.11. The number of carboxylic acid groups (broad SMARTS) is 1. The summed E-state index contributed by atoms with van der Waals surface area (Å²) in [5.74, 6) is -1.18. The fourth-order valence-corrected chi connectivity index (χ4v) is 4.94. The third kappa shape index (κ3) is 5.26. The molecule has 2 atom stereocenters. The highest BCUT2D eigenvalue weighted by molar-refractivity contribution is 6.25. The number of carbonyl (C=O) groups excluding carboxylic acids is 2. The van der Waals surface area contributed by atoms with Gasteiger partial charge in [0, 0.05) is 32.1 Å². The Labute approximate surface area is 203 Å². The number of aliphatic hydroxyl groups excluding tert-OH is 1. The monoisotopic (exact) mass is 478 g/mol. The molecule has 1 aromatic carbocycles. The molecule has 1 aromatic heterocycles. The van der Waals surface area contributed by atoms with Crippen LogP contribution in [-0.4, -0.2) is 44.7 Å². The average molecular weight is 479 g/mol. The molecule has 1 saturated carbocycles. The number of carbonyl (C=O) groups is 3. The van der Waals surface area contributed by atoms with Gasteiger partial charge in [0.1, 0.15) is 17.6 Å². The SMILES string of the molecule is CC(N=C1CC(c2ccccc2)CC(=O)/C1=C(/O)CCc1noc2c1C(=O)CC(C)(C)C2)C(=O)O. The fraction of sp³-hybridized carbons (Fsp3) is 0.444. The molecule has 4 rings (SSSR count). The van der Waals surface area contributed by atoms with Gasteiger partial charge in [-0.15, -0.1) is 0 Å². The Kier molecular flexibility index (Phi) is 6.74. The maximum absolute atomic E-state index is 13.2. The molecule has 2 unspecified atom stereocenters. The molecular formula is C27H30N2O6. The molecule has 8 nitrogen and oxygen atoms in total. The first-order chi connectivity index (χ1) is 16.6. The Bertz CT molecular complexity index is 1220. The van der Waals surface area contributed by atoms with Gasteiger partial charge in [-0.2, -0.15) is 0 Å². The summed E-state index contributed by atoms with van der Waals surface area (Å²) in [6.45, 7) is 5.45. The van der Waals surface area contributed by atoms with Gasteiger partial charge >= 0.3 is 5.97 Å². The molecule has 8 heteroatoms. The van der Waals surface area contributed by atoms with Crippen molar-refractivity contribution in [2.24, 2.45) is 10.4 Å². The van der Waals surface area contributed by atoms with Gasteiger partial charge < -0.3 is 14.7 Å². The Morgan fingerprint density at radius 3 is 2.54 bits per heavy atom. The Balaban J connectivity index is 1.61. The summed E-state index contributed by atoms with van der Waals surface area (Å²) in [5, 5.41) is 24.4. The standard InChI is InChI=1S/C27H30N2O6/c1-15(26(33)34)28-19-11-17(16-7-5-4-6-8-16)12-21(31)24(19)20(30)10-9-18-25-22(32)13-27(2,3)14-23(25)35-29-18/h4-8,15,17,30H,9-14H2,1-3H3,(H,33,34)/b24-20+,28-19?. The first-order valence-corrected chi connectivity index (χ1v) is 11.9. The van der Waals surface area contributed by atoms with Crippen LogP contribution in [-0.2, 0) is 22.4 Å². The number of aryl methyl sites for hydroxylation is 1. The summed E-state index contributed by atoms with van der Waals surface area (Å²) in [4.78, 5) is 41.6. The Morgan fingerprint density at radius 1 is 1.14 bits per heavy atom. The van der Waals surface area contributed by atoms with E-state index < -0.39 is 12.0 Å². The van der Waals surface area contributed by atoms with Crippen LogP contribution in [0.4, 0.5) is 0 Å². The summed E-state index contributed by atoms with van der Waals surface area (Å²) >= 11 is 0. The zero-order valence-electron chi connectivity index (χ0n) is 20.2. The molecule has 0 bridgehead atoms. The number of aliphatic hydroxyl groups is 1. The number of carboxylic acids is 1. The maximum atomic E-state index is 13.2. The molecule has 2 aliphatic rings. The van der Waals surface area contributed by atoms with Crippen LogP contribution in [0.25, 0.3) is 0 Å². The molecule has 1 heterocycles. The van der Waals surface area contributed by atoms with Crippen LogP contribution in [0.15, 0.2) is 51.2 Å². The number of aliphatic carboxylic acids is 1. The van der Waals surface area contributed by atoms with Crippen LogP contribution >= 0.6 is 0 Å². The van der Waals surface area contributed by atoms with Crippen molar-refractivity contribution < 1.29 is 29.1 Å². The number of nitrogens with zero attached hydrogens (tertiary/aromatic N) is 2. The van der Waals surface area contributed by atoms with Gasteiger partial charge in [-0.25, -0.2) is 4.79 Å². The van der Waals surface area contributed by atoms with Gasteiger partial charge in [-0.05, 0) is 30.2 Å². The van der Waals surface area contributed by atoms with Crippen LogP contribution in [0, 0.1) is 5.41 Å². The number of Topliss-reactive ketones (excluding diaryl/α,β-unsaturated/α-hetero) is 2. The molecule has 2 N–H and O–H groups in total. The summed E-state index contributed by atoms with van der Waals surface area (Å²) in [6, 6.07) is 8.47. The first-order valence-electron chi connectivity index (χ1n) is 11.9. The van der Waals surface area contributed by atoms with Gasteiger partial charge in [0.25, 0.3) is 0 Å².